The number of hydrogen-bond donors (Lipinski definition) is 1. The van der Waals surface area contributed by atoms with Crippen LogP contribution in [0, 0.1) is 5.92 Å². The van der Waals surface area contributed by atoms with Gasteiger partial charge in [-0.1, -0.05) is 12.1 Å². The van der Waals surface area contributed by atoms with Crippen LogP contribution in [0.25, 0.3) is 0 Å². The van der Waals surface area contributed by atoms with E-state index in [1.165, 1.54) is 0 Å². The third kappa shape index (κ3) is 3.19. The molecule has 4 rings (SSSR count). The van der Waals surface area contributed by atoms with E-state index in [0.29, 0.717) is 29.6 Å². The minimum atomic E-state index is -1.14. The molecule has 1 N–H and O–H groups in total. The summed E-state index contributed by atoms with van der Waals surface area (Å²) in [6.07, 6.45) is -0.817. The van der Waals surface area contributed by atoms with Crippen molar-refractivity contribution < 1.29 is 33.5 Å². The Morgan fingerprint density at radius 2 is 1.34 bits per heavy atom. The van der Waals surface area contributed by atoms with E-state index in [1.54, 1.807) is 28.4 Å². The molecule has 2 fully saturated rings. The van der Waals surface area contributed by atoms with E-state index in [-0.39, 0.29) is 18.6 Å². The Morgan fingerprint density at radius 1 is 0.793 bits per heavy atom. The highest BCUT2D eigenvalue weighted by Gasteiger charge is 2.59. The van der Waals surface area contributed by atoms with E-state index in [1.807, 2.05) is 36.4 Å². The van der Waals surface area contributed by atoms with Gasteiger partial charge in [-0.2, -0.15) is 0 Å². The molecule has 2 saturated heterocycles. The monoisotopic (exact) mass is 402 g/mol. The van der Waals surface area contributed by atoms with Gasteiger partial charge in [0.05, 0.1) is 47.8 Å². The van der Waals surface area contributed by atoms with E-state index >= 15 is 0 Å². The molecule has 7 nitrogen and oxygen atoms in total. The van der Waals surface area contributed by atoms with Crippen LogP contribution in [0.5, 0.6) is 23.0 Å². The normalized spacial score (nSPS) is 28.1. The summed E-state index contributed by atoms with van der Waals surface area (Å²) in [5.74, 6) is 2.29. The molecule has 7 heteroatoms. The zero-order valence-electron chi connectivity index (χ0n) is 17.0. The van der Waals surface area contributed by atoms with Crippen LogP contribution in [-0.2, 0) is 9.47 Å². The predicted octanol–water partition coefficient (Wildman–Crippen LogP) is 2.91. The van der Waals surface area contributed by atoms with Gasteiger partial charge < -0.3 is 33.5 Å². The van der Waals surface area contributed by atoms with Crippen molar-refractivity contribution in [1.82, 2.24) is 0 Å². The van der Waals surface area contributed by atoms with Crippen LogP contribution in [0.4, 0.5) is 0 Å². The number of aliphatic hydroxyl groups is 1. The lowest BCUT2D eigenvalue weighted by Crippen LogP contribution is -2.39. The van der Waals surface area contributed by atoms with Crippen LogP contribution in [0.1, 0.15) is 23.3 Å². The van der Waals surface area contributed by atoms with Gasteiger partial charge in [0, 0.05) is 5.92 Å². The quantitative estimate of drug-likeness (QED) is 0.796. The third-order valence-corrected chi connectivity index (χ3v) is 5.84. The SMILES string of the molecule is COc1ccc([C@H]2OC[C@H]3[C@H](c4ccc(OC)c(OC)c4)OC[C@@]23O)cc1OC. The average molecular weight is 402 g/mol. The van der Waals surface area contributed by atoms with Crippen LogP contribution in [0.2, 0.25) is 0 Å². The van der Waals surface area contributed by atoms with Gasteiger partial charge in [0.15, 0.2) is 23.0 Å². The summed E-state index contributed by atoms with van der Waals surface area (Å²) in [7, 11) is 6.37. The van der Waals surface area contributed by atoms with Crippen molar-refractivity contribution in [2.75, 3.05) is 41.7 Å². The number of fused-ring (bicyclic) bond motifs is 1. The van der Waals surface area contributed by atoms with Crippen molar-refractivity contribution in [3.8, 4) is 23.0 Å². The Morgan fingerprint density at radius 3 is 1.93 bits per heavy atom. The molecule has 2 aliphatic heterocycles. The summed E-state index contributed by atoms with van der Waals surface area (Å²) in [5.41, 5.74) is 0.599. The van der Waals surface area contributed by atoms with Gasteiger partial charge in [0.1, 0.15) is 11.7 Å². The molecule has 0 bridgehead atoms. The Hall–Kier alpha value is -2.48. The highest BCUT2D eigenvalue weighted by molar-refractivity contribution is 5.46. The summed E-state index contributed by atoms with van der Waals surface area (Å²) >= 11 is 0. The molecule has 0 aromatic heterocycles. The van der Waals surface area contributed by atoms with E-state index < -0.39 is 11.7 Å². The molecule has 0 amide bonds. The molecule has 0 saturated carbocycles. The van der Waals surface area contributed by atoms with Crippen LogP contribution in [0.3, 0.4) is 0 Å². The molecule has 2 aromatic rings. The minimum Gasteiger partial charge on any atom is -0.493 e. The fourth-order valence-electron chi connectivity index (χ4n) is 4.31. The maximum absolute atomic E-state index is 11.5. The van der Waals surface area contributed by atoms with Crippen molar-refractivity contribution in [2.45, 2.75) is 17.8 Å². The molecule has 2 aliphatic rings. The number of hydrogen-bond acceptors (Lipinski definition) is 7. The third-order valence-electron chi connectivity index (χ3n) is 5.84. The lowest BCUT2D eigenvalue weighted by atomic mass is 9.81. The molecule has 0 spiro atoms. The molecule has 0 aliphatic carbocycles. The van der Waals surface area contributed by atoms with Gasteiger partial charge in [-0.15, -0.1) is 0 Å². The number of ether oxygens (including phenoxy) is 6. The van der Waals surface area contributed by atoms with Crippen LogP contribution in [0.15, 0.2) is 36.4 Å². The van der Waals surface area contributed by atoms with E-state index in [0.717, 1.165) is 11.1 Å². The van der Waals surface area contributed by atoms with E-state index in [9.17, 15) is 5.11 Å². The Balaban J connectivity index is 1.63. The largest absolute Gasteiger partial charge is 0.493 e. The average Bonchev–Trinajstić information content (AvgIpc) is 3.27. The summed E-state index contributed by atoms with van der Waals surface area (Å²) < 4.78 is 33.5. The van der Waals surface area contributed by atoms with Gasteiger partial charge in [-0.3, -0.25) is 0 Å². The first kappa shape index (κ1) is 19.8. The highest BCUT2D eigenvalue weighted by Crippen LogP contribution is 2.54. The van der Waals surface area contributed by atoms with Gasteiger partial charge in [-0.25, -0.2) is 0 Å². The van der Waals surface area contributed by atoms with Gasteiger partial charge in [0.25, 0.3) is 0 Å². The van der Waals surface area contributed by atoms with Crippen LogP contribution < -0.4 is 18.9 Å². The molecule has 156 valence electrons. The van der Waals surface area contributed by atoms with Crippen molar-refractivity contribution in [3.05, 3.63) is 47.5 Å². The first-order valence-corrected chi connectivity index (χ1v) is 9.45. The summed E-state index contributed by atoms with van der Waals surface area (Å²) in [6, 6.07) is 11.2. The molecule has 2 heterocycles. The molecular formula is C22H26O7. The molecule has 0 unspecified atom stereocenters. The first-order chi connectivity index (χ1) is 14.0. The fourth-order valence-corrected chi connectivity index (χ4v) is 4.31. The number of benzene rings is 2. The summed E-state index contributed by atoms with van der Waals surface area (Å²) in [5, 5.41) is 11.5. The second-order valence-electron chi connectivity index (χ2n) is 7.27. The molecule has 4 atom stereocenters. The van der Waals surface area contributed by atoms with Crippen molar-refractivity contribution in [2.24, 2.45) is 5.92 Å². The maximum Gasteiger partial charge on any atom is 0.161 e. The predicted molar refractivity (Wildman–Crippen MR) is 105 cm³/mol. The molecular weight excluding hydrogens is 376 g/mol. The van der Waals surface area contributed by atoms with Crippen LogP contribution >= 0.6 is 0 Å². The Bertz CT molecular complexity index is 883. The molecule has 2 aromatic carbocycles. The number of methoxy groups -OCH3 is 4. The van der Waals surface area contributed by atoms with Crippen molar-refractivity contribution >= 4 is 0 Å². The second-order valence-corrected chi connectivity index (χ2v) is 7.27. The Labute approximate surface area is 170 Å². The van der Waals surface area contributed by atoms with E-state index in [2.05, 4.69) is 0 Å². The van der Waals surface area contributed by atoms with Gasteiger partial charge in [-0.05, 0) is 35.4 Å². The first-order valence-electron chi connectivity index (χ1n) is 9.45. The standard InChI is InChI=1S/C22H26O7/c1-24-16-7-5-13(9-18(16)26-3)20-15-11-28-21(22(15,23)12-29-20)14-6-8-17(25-2)19(10-14)27-4/h5-10,15,20-21,23H,11-12H2,1-4H3/t15-,20-,21+,22-/m0/s1. The maximum atomic E-state index is 11.5. The van der Waals surface area contributed by atoms with Crippen molar-refractivity contribution in [1.29, 1.82) is 0 Å². The summed E-state index contributed by atoms with van der Waals surface area (Å²) in [4.78, 5) is 0. The topological polar surface area (TPSA) is 75.6 Å². The van der Waals surface area contributed by atoms with Crippen LogP contribution in [-0.4, -0.2) is 52.4 Å². The highest BCUT2D eigenvalue weighted by atomic mass is 16.6. The zero-order chi connectivity index (χ0) is 20.6. The van der Waals surface area contributed by atoms with E-state index in [4.69, 9.17) is 28.4 Å². The lowest BCUT2D eigenvalue weighted by molar-refractivity contribution is -0.0628. The Kier molecular flexibility index (Phi) is 5.29. The molecule has 29 heavy (non-hydrogen) atoms. The lowest BCUT2D eigenvalue weighted by Gasteiger charge is -2.27. The summed E-state index contributed by atoms with van der Waals surface area (Å²) in [6.45, 7) is 0.560. The zero-order valence-corrected chi connectivity index (χ0v) is 17.0. The second kappa shape index (κ2) is 7.74. The van der Waals surface area contributed by atoms with Gasteiger partial charge >= 0.3 is 0 Å². The van der Waals surface area contributed by atoms with Gasteiger partial charge in [0.2, 0.25) is 0 Å². The molecule has 0 radical (unpaired) electrons. The minimum absolute atomic E-state index is 0.176. The number of rotatable bonds is 6. The fraction of sp³-hybridized carbons (Fsp3) is 0.455. The van der Waals surface area contributed by atoms with Crippen molar-refractivity contribution in [3.63, 3.8) is 0 Å². The smallest absolute Gasteiger partial charge is 0.161 e.